The molecule has 0 saturated carbocycles. The number of carbonyl (C=O) groups excluding carboxylic acids is 2. The molecule has 0 unspecified atom stereocenters. The maximum Gasteiger partial charge on any atom is 0.329 e. The van der Waals surface area contributed by atoms with E-state index in [2.05, 4.69) is 5.32 Å². The first kappa shape index (κ1) is 17.2. The van der Waals surface area contributed by atoms with Gasteiger partial charge in [0.1, 0.15) is 18.8 Å². The molecule has 0 atom stereocenters. The monoisotopic (exact) mass is 301 g/mol. The SMILES string of the molecule is CC(C)NC(=O)CN(C)C(=O)N1CC(C)(OCC(=O)O)C1. The molecule has 0 aromatic rings. The van der Waals surface area contributed by atoms with Gasteiger partial charge in [0.05, 0.1) is 13.1 Å². The van der Waals surface area contributed by atoms with Gasteiger partial charge in [-0.3, -0.25) is 4.79 Å². The number of hydrogen-bond acceptors (Lipinski definition) is 4. The van der Waals surface area contributed by atoms with E-state index in [0.717, 1.165) is 0 Å². The zero-order valence-corrected chi connectivity index (χ0v) is 12.9. The smallest absolute Gasteiger partial charge is 0.329 e. The lowest BCUT2D eigenvalue weighted by atomic mass is 9.97. The maximum atomic E-state index is 12.1. The van der Waals surface area contributed by atoms with Gasteiger partial charge in [0.2, 0.25) is 5.91 Å². The number of nitrogens with zero attached hydrogens (tertiary/aromatic N) is 2. The lowest BCUT2D eigenvalue weighted by molar-refractivity contribution is -0.160. The Bertz CT molecular complexity index is 418. The number of hydrogen-bond donors (Lipinski definition) is 2. The van der Waals surface area contributed by atoms with Crippen molar-refractivity contribution in [3.63, 3.8) is 0 Å². The number of carboxylic acid groups (broad SMARTS) is 1. The molecular weight excluding hydrogens is 278 g/mol. The van der Waals surface area contributed by atoms with Crippen molar-refractivity contribution >= 4 is 17.9 Å². The van der Waals surface area contributed by atoms with Gasteiger partial charge in [0.15, 0.2) is 0 Å². The van der Waals surface area contributed by atoms with E-state index in [1.807, 2.05) is 13.8 Å². The second kappa shape index (κ2) is 6.75. The van der Waals surface area contributed by atoms with E-state index in [9.17, 15) is 14.4 Å². The largest absolute Gasteiger partial charge is 0.480 e. The van der Waals surface area contributed by atoms with Gasteiger partial charge in [-0.25, -0.2) is 9.59 Å². The van der Waals surface area contributed by atoms with Crippen LogP contribution < -0.4 is 5.32 Å². The molecule has 1 aliphatic rings. The van der Waals surface area contributed by atoms with Crippen LogP contribution in [0.2, 0.25) is 0 Å². The molecule has 8 nitrogen and oxygen atoms in total. The van der Waals surface area contributed by atoms with Crippen molar-refractivity contribution < 1.29 is 24.2 Å². The number of ether oxygens (including phenoxy) is 1. The Morgan fingerprint density at radius 3 is 2.43 bits per heavy atom. The molecule has 0 aromatic heterocycles. The van der Waals surface area contributed by atoms with Gasteiger partial charge in [-0.05, 0) is 20.8 Å². The average molecular weight is 301 g/mol. The number of carboxylic acids is 1. The highest BCUT2D eigenvalue weighted by molar-refractivity contribution is 5.84. The van der Waals surface area contributed by atoms with Crippen LogP contribution in [0.5, 0.6) is 0 Å². The minimum atomic E-state index is -1.04. The summed E-state index contributed by atoms with van der Waals surface area (Å²) in [7, 11) is 1.55. The van der Waals surface area contributed by atoms with Crippen LogP contribution in [-0.2, 0) is 14.3 Å². The zero-order valence-electron chi connectivity index (χ0n) is 12.9. The van der Waals surface area contributed by atoms with Gasteiger partial charge in [-0.15, -0.1) is 0 Å². The van der Waals surface area contributed by atoms with Crippen molar-refractivity contribution in [2.45, 2.75) is 32.4 Å². The molecule has 0 spiro atoms. The molecular formula is C13H23N3O5. The van der Waals surface area contributed by atoms with Gasteiger partial charge >= 0.3 is 12.0 Å². The van der Waals surface area contributed by atoms with Crippen LogP contribution in [0.1, 0.15) is 20.8 Å². The second-order valence-electron chi connectivity index (χ2n) is 5.85. The molecule has 1 heterocycles. The van der Waals surface area contributed by atoms with Gasteiger partial charge in [0, 0.05) is 13.1 Å². The summed E-state index contributed by atoms with van der Waals surface area (Å²) in [4.78, 5) is 37.0. The third kappa shape index (κ3) is 5.22. The van der Waals surface area contributed by atoms with Crippen molar-refractivity contribution in [1.29, 1.82) is 0 Å². The van der Waals surface area contributed by atoms with Gasteiger partial charge in [-0.1, -0.05) is 0 Å². The Balaban J connectivity index is 2.37. The van der Waals surface area contributed by atoms with Crippen LogP contribution in [-0.4, -0.2) is 77.7 Å². The molecule has 2 N–H and O–H groups in total. The Hall–Kier alpha value is -1.83. The van der Waals surface area contributed by atoms with Crippen molar-refractivity contribution in [1.82, 2.24) is 15.1 Å². The topological polar surface area (TPSA) is 99.2 Å². The van der Waals surface area contributed by atoms with E-state index in [4.69, 9.17) is 9.84 Å². The molecule has 0 bridgehead atoms. The van der Waals surface area contributed by atoms with E-state index in [-0.39, 0.29) is 31.1 Å². The third-order valence-corrected chi connectivity index (χ3v) is 3.02. The minimum absolute atomic E-state index is 0.0137. The van der Waals surface area contributed by atoms with Crippen molar-refractivity contribution in [3.8, 4) is 0 Å². The first-order valence-corrected chi connectivity index (χ1v) is 6.78. The number of rotatable bonds is 6. The molecule has 21 heavy (non-hydrogen) atoms. The van der Waals surface area contributed by atoms with E-state index < -0.39 is 11.6 Å². The lowest BCUT2D eigenvalue weighted by Crippen LogP contribution is -2.65. The Morgan fingerprint density at radius 1 is 1.38 bits per heavy atom. The Morgan fingerprint density at radius 2 is 1.95 bits per heavy atom. The van der Waals surface area contributed by atoms with E-state index in [1.54, 1.807) is 14.0 Å². The summed E-state index contributed by atoms with van der Waals surface area (Å²) in [6, 6.07) is -0.247. The molecule has 3 amide bonds. The molecule has 1 aliphatic heterocycles. The number of aliphatic carboxylic acids is 1. The van der Waals surface area contributed by atoms with Crippen LogP contribution in [0.25, 0.3) is 0 Å². The molecule has 1 saturated heterocycles. The first-order valence-electron chi connectivity index (χ1n) is 6.78. The zero-order chi connectivity index (χ0) is 16.2. The minimum Gasteiger partial charge on any atom is -0.480 e. The van der Waals surface area contributed by atoms with Gasteiger partial charge < -0.3 is 25.0 Å². The van der Waals surface area contributed by atoms with Crippen LogP contribution in [0.4, 0.5) is 4.79 Å². The number of nitrogens with one attached hydrogen (secondary N) is 1. The second-order valence-corrected chi connectivity index (χ2v) is 5.85. The molecule has 0 aliphatic carbocycles. The number of carbonyl (C=O) groups is 3. The van der Waals surface area contributed by atoms with Crippen molar-refractivity contribution in [3.05, 3.63) is 0 Å². The first-order chi connectivity index (χ1) is 9.63. The number of likely N-dealkylation sites (tertiary alicyclic amines) is 1. The summed E-state index contributed by atoms with van der Waals surface area (Å²) >= 11 is 0. The summed E-state index contributed by atoms with van der Waals surface area (Å²) in [5.41, 5.74) is -0.630. The predicted molar refractivity (Wildman–Crippen MR) is 74.9 cm³/mol. The van der Waals surface area contributed by atoms with E-state index in [1.165, 1.54) is 9.80 Å². The molecule has 1 fully saturated rings. The predicted octanol–water partition coefficient (Wildman–Crippen LogP) is -0.262. The molecule has 0 radical (unpaired) electrons. The highest BCUT2D eigenvalue weighted by atomic mass is 16.5. The Labute approximate surface area is 124 Å². The molecule has 8 heteroatoms. The molecule has 0 aromatic carbocycles. The van der Waals surface area contributed by atoms with Crippen LogP contribution in [0, 0.1) is 0 Å². The number of urea groups is 1. The number of likely N-dealkylation sites (N-methyl/N-ethyl adjacent to an activating group) is 1. The lowest BCUT2D eigenvalue weighted by Gasteiger charge is -2.48. The number of amides is 3. The van der Waals surface area contributed by atoms with Crippen LogP contribution >= 0.6 is 0 Å². The van der Waals surface area contributed by atoms with Crippen molar-refractivity contribution in [2.24, 2.45) is 0 Å². The van der Waals surface area contributed by atoms with E-state index in [0.29, 0.717) is 13.1 Å². The molecule has 120 valence electrons. The van der Waals surface area contributed by atoms with E-state index >= 15 is 0 Å². The van der Waals surface area contributed by atoms with Gasteiger partial charge in [0.25, 0.3) is 0 Å². The Kier molecular flexibility index (Phi) is 5.54. The summed E-state index contributed by atoms with van der Waals surface area (Å²) < 4.78 is 5.23. The summed E-state index contributed by atoms with van der Waals surface area (Å²) in [6.07, 6.45) is 0. The fourth-order valence-electron chi connectivity index (χ4n) is 2.12. The average Bonchev–Trinajstić information content (AvgIpc) is 2.30. The van der Waals surface area contributed by atoms with Crippen LogP contribution in [0.3, 0.4) is 0 Å². The standard InChI is InChI=1S/C13H23N3O5/c1-9(2)14-10(17)5-15(4)12(20)16-7-13(3,8-16)21-6-11(18)19/h9H,5-8H2,1-4H3,(H,14,17)(H,18,19). The maximum absolute atomic E-state index is 12.1. The summed E-state index contributed by atoms with van der Waals surface area (Å²) in [5, 5.41) is 11.3. The fourth-order valence-corrected chi connectivity index (χ4v) is 2.12. The fraction of sp³-hybridized carbons (Fsp3) is 0.769. The molecule has 1 rings (SSSR count). The normalized spacial score (nSPS) is 16.3. The van der Waals surface area contributed by atoms with Crippen molar-refractivity contribution in [2.75, 3.05) is 33.3 Å². The third-order valence-electron chi connectivity index (χ3n) is 3.02. The highest BCUT2D eigenvalue weighted by Gasteiger charge is 2.43. The summed E-state index contributed by atoms with van der Waals surface area (Å²) in [5.74, 6) is -1.25. The highest BCUT2D eigenvalue weighted by Crippen LogP contribution is 2.25. The quantitative estimate of drug-likeness (QED) is 0.704. The summed E-state index contributed by atoms with van der Waals surface area (Å²) in [6.45, 7) is 5.68. The van der Waals surface area contributed by atoms with Crippen LogP contribution in [0.15, 0.2) is 0 Å². The van der Waals surface area contributed by atoms with Gasteiger partial charge in [-0.2, -0.15) is 0 Å².